The molecule has 0 aliphatic rings. The number of aromatic nitrogens is 2. The standard InChI is InChI=1S/C14H18ClN3O/c1-2-16-14(19)8-10-18-12-6-4-3-5-11(12)17-13(18)7-9-15/h3-6H,2,7-10H2,1H3,(H,16,19). The summed E-state index contributed by atoms with van der Waals surface area (Å²) in [5.74, 6) is 1.54. The molecule has 0 aliphatic heterocycles. The first-order valence-electron chi connectivity index (χ1n) is 6.53. The van der Waals surface area contributed by atoms with E-state index in [9.17, 15) is 4.79 Å². The van der Waals surface area contributed by atoms with Crippen molar-refractivity contribution in [3.05, 3.63) is 30.1 Å². The number of hydrogen-bond acceptors (Lipinski definition) is 2. The van der Waals surface area contributed by atoms with E-state index in [1.807, 2.05) is 31.2 Å². The minimum absolute atomic E-state index is 0.0668. The summed E-state index contributed by atoms with van der Waals surface area (Å²) in [6.07, 6.45) is 1.18. The lowest BCUT2D eigenvalue weighted by molar-refractivity contribution is -0.121. The maximum atomic E-state index is 11.6. The van der Waals surface area contributed by atoms with Crippen LogP contribution >= 0.6 is 11.6 Å². The van der Waals surface area contributed by atoms with Crippen molar-refractivity contribution in [2.75, 3.05) is 12.4 Å². The van der Waals surface area contributed by atoms with Gasteiger partial charge in [0.1, 0.15) is 5.82 Å². The zero-order valence-electron chi connectivity index (χ0n) is 11.0. The summed E-state index contributed by atoms with van der Waals surface area (Å²) in [4.78, 5) is 16.1. The Morgan fingerprint density at radius 1 is 1.42 bits per heavy atom. The SMILES string of the molecule is CCNC(=O)CCn1c(CCCl)nc2ccccc21. The molecule has 0 radical (unpaired) electrons. The van der Waals surface area contributed by atoms with Gasteiger partial charge in [-0.2, -0.15) is 0 Å². The highest BCUT2D eigenvalue weighted by molar-refractivity contribution is 6.17. The van der Waals surface area contributed by atoms with Crippen LogP contribution in [0.5, 0.6) is 0 Å². The fraction of sp³-hybridized carbons (Fsp3) is 0.429. The normalized spacial score (nSPS) is 10.8. The van der Waals surface area contributed by atoms with Crippen molar-refractivity contribution in [3.63, 3.8) is 0 Å². The molecule has 2 aromatic rings. The van der Waals surface area contributed by atoms with Gasteiger partial charge in [-0.3, -0.25) is 4.79 Å². The van der Waals surface area contributed by atoms with Crippen LogP contribution in [0.4, 0.5) is 0 Å². The molecule has 4 nitrogen and oxygen atoms in total. The lowest BCUT2D eigenvalue weighted by atomic mass is 10.3. The maximum Gasteiger partial charge on any atom is 0.221 e. The molecule has 1 aromatic carbocycles. The highest BCUT2D eigenvalue weighted by atomic mass is 35.5. The van der Waals surface area contributed by atoms with Crippen molar-refractivity contribution < 1.29 is 4.79 Å². The Morgan fingerprint density at radius 2 is 2.21 bits per heavy atom. The summed E-state index contributed by atoms with van der Waals surface area (Å²) in [6.45, 7) is 3.22. The molecule has 0 saturated carbocycles. The average molecular weight is 280 g/mol. The predicted octanol–water partition coefficient (Wildman–Crippen LogP) is 2.34. The van der Waals surface area contributed by atoms with Crippen LogP contribution in [0.25, 0.3) is 11.0 Å². The summed E-state index contributed by atoms with van der Waals surface area (Å²) in [5, 5.41) is 2.81. The molecule has 0 bridgehead atoms. The second-order valence-electron chi connectivity index (χ2n) is 4.31. The second kappa shape index (κ2) is 6.57. The van der Waals surface area contributed by atoms with E-state index >= 15 is 0 Å². The molecule has 1 heterocycles. The summed E-state index contributed by atoms with van der Waals surface area (Å²) >= 11 is 5.82. The Kier molecular flexibility index (Phi) is 4.80. The van der Waals surface area contributed by atoms with E-state index in [1.54, 1.807) is 0 Å². The van der Waals surface area contributed by atoms with Gasteiger partial charge in [-0.25, -0.2) is 4.98 Å². The lowest BCUT2D eigenvalue weighted by Gasteiger charge is -2.08. The van der Waals surface area contributed by atoms with Gasteiger partial charge in [0.05, 0.1) is 11.0 Å². The van der Waals surface area contributed by atoms with Gasteiger partial charge in [0.2, 0.25) is 5.91 Å². The number of aryl methyl sites for hydroxylation is 2. The van der Waals surface area contributed by atoms with Gasteiger partial charge in [-0.1, -0.05) is 12.1 Å². The first-order chi connectivity index (χ1) is 9.26. The van der Waals surface area contributed by atoms with Crippen LogP contribution in [0.3, 0.4) is 0 Å². The number of alkyl halides is 1. The van der Waals surface area contributed by atoms with Crippen LogP contribution in [0.15, 0.2) is 24.3 Å². The minimum Gasteiger partial charge on any atom is -0.356 e. The molecular formula is C14H18ClN3O. The van der Waals surface area contributed by atoms with Crippen LogP contribution in [0.1, 0.15) is 19.2 Å². The molecule has 102 valence electrons. The van der Waals surface area contributed by atoms with Crippen molar-refractivity contribution in [1.82, 2.24) is 14.9 Å². The Balaban J connectivity index is 2.23. The lowest BCUT2D eigenvalue weighted by Crippen LogP contribution is -2.24. The first kappa shape index (κ1) is 13.9. The zero-order chi connectivity index (χ0) is 13.7. The first-order valence-corrected chi connectivity index (χ1v) is 7.06. The quantitative estimate of drug-likeness (QED) is 0.825. The Morgan fingerprint density at radius 3 is 2.95 bits per heavy atom. The minimum atomic E-state index is 0.0668. The topological polar surface area (TPSA) is 46.9 Å². The van der Waals surface area contributed by atoms with Crippen molar-refractivity contribution in [2.24, 2.45) is 0 Å². The Labute approximate surface area is 117 Å². The number of halogens is 1. The van der Waals surface area contributed by atoms with Crippen molar-refractivity contribution in [1.29, 1.82) is 0 Å². The van der Waals surface area contributed by atoms with Crippen molar-refractivity contribution >= 4 is 28.5 Å². The molecule has 0 fully saturated rings. The molecule has 2 rings (SSSR count). The third-order valence-electron chi connectivity index (χ3n) is 2.99. The number of hydrogen-bond donors (Lipinski definition) is 1. The molecule has 0 saturated heterocycles. The van der Waals surface area contributed by atoms with Crippen LogP contribution < -0.4 is 5.32 Å². The number of rotatable bonds is 6. The molecule has 0 atom stereocenters. The fourth-order valence-electron chi connectivity index (χ4n) is 2.15. The zero-order valence-corrected chi connectivity index (χ0v) is 11.8. The number of para-hydroxylation sites is 2. The molecule has 0 aliphatic carbocycles. The van der Waals surface area contributed by atoms with E-state index in [4.69, 9.17) is 11.6 Å². The van der Waals surface area contributed by atoms with E-state index < -0.39 is 0 Å². The number of nitrogens with zero attached hydrogens (tertiary/aromatic N) is 2. The van der Waals surface area contributed by atoms with Crippen LogP contribution in [-0.4, -0.2) is 27.9 Å². The summed E-state index contributed by atoms with van der Waals surface area (Å²) < 4.78 is 2.09. The van der Waals surface area contributed by atoms with E-state index in [1.165, 1.54) is 0 Å². The highest BCUT2D eigenvalue weighted by Crippen LogP contribution is 2.17. The average Bonchev–Trinajstić information content (AvgIpc) is 2.75. The summed E-state index contributed by atoms with van der Waals surface area (Å²) in [6, 6.07) is 7.96. The molecule has 19 heavy (non-hydrogen) atoms. The monoisotopic (exact) mass is 279 g/mol. The number of carbonyl (C=O) groups is 1. The van der Waals surface area contributed by atoms with Crippen LogP contribution in [-0.2, 0) is 17.8 Å². The predicted molar refractivity (Wildman–Crippen MR) is 77.5 cm³/mol. The van der Waals surface area contributed by atoms with E-state index in [2.05, 4.69) is 14.9 Å². The van der Waals surface area contributed by atoms with Crippen molar-refractivity contribution in [2.45, 2.75) is 26.3 Å². The molecule has 5 heteroatoms. The smallest absolute Gasteiger partial charge is 0.221 e. The van der Waals surface area contributed by atoms with Crippen LogP contribution in [0, 0.1) is 0 Å². The summed E-state index contributed by atoms with van der Waals surface area (Å²) in [7, 11) is 0. The number of imidazole rings is 1. The third-order valence-corrected chi connectivity index (χ3v) is 3.18. The van der Waals surface area contributed by atoms with E-state index in [0.29, 0.717) is 31.8 Å². The highest BCUT2D eigenvalue weighted by Gasteiger charge is 2.10. The molecular weight excluding hydrogens is 262 g/mol. The van der Waals surface area contributed by atoms with Gasteiger partial charge >= 0.3 is 0 Å². The van der Waals surface area contributed by atoms with E-state index in [-0.39, 0.29) is 5.91 Å². The number of carbonyl (C=O) groups excluding carboxylic acids is 1. The number of amides is 1. The van der Waals surface area contributed by atoms with E-state index in [0.717, 1.165) is 16.9 Å². The summed E-state index contributed by atoms with van der Waals surface area (Å²) in [5.41, 5.74) is 2.02. The fourth-order valence-corrected chi connectivity index (χ4v) is 2.32. The number of fused-ring (bicyclic) bond motifs is 1. The van der Waals surface area contributed by atoms with Gasteiger partial charge in [-0.15, -0.1) is 11.6 Å². The van der Waals surface area contributed by atoms with Gasteiger partial charge in [0, 0.05) is 31.8 Å². The van der Waals surface area contributed by atoms with Gasteiger partial charge < -0.3 is 9.88 Å². The molecule has 1 N–H and O–H groups in total. The van der Waals surface area contributed by atoms with Crippen LogP contribution in [0.2, 0.25) is 0 Å². The third kappa shape index (κ3) is 3.26. The molecule has 1 aromatic heterocycles. The van der Waals surface area contributed by atoms with Gasteiger partial charge in [-0.05, 0) is 19.1 Å². The molecule has 0 spiro atoms. The maximum absolute atomic E-state index is 11.6. The van der Waals surface area contributed by atoms with Crippen molar-refractivity contribution in [3.8, 4) is 0 Å². The number of nitrogens with one attached hydrogen (secondary N) is 1. The van der Waals surface area contributed by atoms with Gasteiger partial charge in [0.25, 0.3) is 0 Å². The van der Waals surface area contributed by atoms with Gasteiger partial charge in [0.15, 0.2) is 0 Å². The molecule has 1 amide bonds. The molecule has 0 unspecified atom stereocenters. The largest absolute Gasteiger partial charge is 0.356 e. The Hall–Kier alpha value is -1.55. The number of benzene rings is 1. The second-order valence-corrected chi connectivity index (χ2v) is 4.69. The Bertz CT molecular complexity index is 565.